The Kier molecular flexibility index (Phi) is 5.47. The molecule has 1 aromatic heterocycles. The van der Waals surface area contributed by atoms with Gasteiger partial charge in [-0.15, -0.1) is 0 Å². The highest BCUT2D eigenvalue weighted by Gasteiger charge is 2.07. The number of hydrogen-bond donors (Lipinski definition) is 1. The molecule has 4 nitrogen and oxygen atoms in total. The number of nitrogens with zero attached hydrogens (tertiary/aromatic N) is 1. The van der Waals surface area contributed by atoms with Gasteiger partial charge in [0.1, 0.15) is 18.2 Å². The SMILES string of the molecule is O=C(NCc1cccc(OCc2ccccc2F)c1)c1ccc2ncccc2c1. The van der Waals surface area contributed by atoms with Crippen LogP contribution in [0.2, 0.25) is 0 Å². The molecule has 0 aliphatic rings. The Labute approximate surface area is 168 Å². The summed E-state index contributed by atoms with van der Waals surface area (Å²) in [6.07, 6.45) is 1.73. The van der Waals surface area contributed by atoms with Gasteiger partial charge in [-0.1, -0.05) is 36.4 Å². The Morgan fingerprint density at radius 1 is 0.966 bits per heavy atom. The summed E-state index contributed by atoms with van der Waals surface area (Å²) in [5, 5.41) is 3.84. The first-order valence-corrected chi connectivity index (χ1v) is 9.27. The highest BCUT2D eigenvalue weighted by molar-refractivity contribution is 5.97. The molecule has 4 aromatic rings. The Morgan fingerprint density at radius 2 is 1.86 bits per heavy atom. The van der Waals surface area contributed by atoms with Gasteiger partial charge in [0.25, 0.3) is 5.91 Å². The van der Waals surface area contributed by atoms with Gasteiger partial charge in [-0.25, -0.2) is 4.39 Å². The fourth-order valence-corrected chi connectivity index (χ4v) is 3.02. The normalized spacial score (nSPS) is 10.7. The van der Waals surface area contributed by atoms with Gasteiger partial charge in [-0.3, -0.25) is 9.78 Å². The van der Waals surface area contributed by atoms with Crippen molar-refractivity contribution >= 4 is 16.8 Å². The van der Waals surface area contributed by atoms with Gasteiger partial charge in [0.15, 0.2) is 0 Å². The van der Waals surface area contributed by atoms with Crippen molar-refractivity contribution in [1.82, 2.24) is 10.3 Å². The quantitative estimate of drug-likeness (QED) is 0.514. The molecule has 5 heteroatoms. The van der Waals surface area contributed by atoms with Gasteiger partial charge in [0.05, 0.1) is 5.52 Å². The predicted octanol–water partition coefficient (Wildman–Crippen LogP) is 4.88. The van der Waals surface area contributed by atoms with Crippen LogP contribution >= 0.6 is 0 Å². The maximum atomic E-state index is 13.7. The van der Waals surface area contributed by atoms with E-state index in [1.54, 1.807) is 30.5 Å². The van der Waals surface area contributed by atoms with E-state index in [1.807, 2.05) is 48.5 Å². The van der Waals surface area contributed by atoms with Crippen molar-refractivity contribution in [3.05, 3.63) is 108 Å². The molecule has 0 unspecified atom stereocenters. The monoisotopic (exact) mass is 386 g/mol. The van der Waals surface area contributed by atoms with Crippen molar-refractivity contribution < 1.29 is 13.9 Å². The van der Waals surface area contributed by atoms with Crippen molar-refractivity contribution in [2.75, 3.05) is 0 Å². The first-order chi connectivity index (χ1) is 14.2. The summed E-state index contributed by atoms with van der Waals surface area (Å²) in [7, 11) is 0. The number of hydrogen-bond acceptors (Lipinski definition) is 3. The second-order valence-corrected chi connectivity index (χ2v) is 6.62. The lowest BCUT2D eigenvalue weighted by Crippen LogP contribution is -2.22. The van der Waals surface area contributed by atoms with E-state index in [-0.39, 0.29) is 18.3 Å². The van der Waals surface area contributed by atoms with Crippen molar-refractivity contribution in [3.63, 3.8) is 0 Å². The molecule has 0 aliphatic heterocycles. The maximum Gasteiger partial charge on any atom is 0.251 e. The van der Waals surface area contributed by atoms with Crippen LogP contribution in [0.3, 0.4) is 0 Å². The summed E-state index contributed by atoms with van der Waals surface area (Å²) >= 11 is 0. The molecule has 0 radical (unpaired) electrons. The van der Waals surface area contributed by atoms with E-state index in [1.165, 1.54) is 6.07 Å². The number of carbonyl (C=O) groups is 1. The third-order valence-electron chi connectivity index (χ3n) is 4.57. The number of aromatic nitrogens is 1. The van der Waals surface area contributed by atoms with Gasteiger partial charge >= 0.3 is 0 Å². The molecule has 1 amide bonds. The zero-order valence-electron chi connectivity index (χ0n) is 15.6. The second-order valence-electron chi connectivity index (χ2n) is 6.62. The molecule has 0 saturated heterocycles. The van der Waals surface area contributed by atoms with Gasteiger partial charge in [0, 0.05) is 29.3 Å². The molecule has 1 N–H and O–H groups in total. The number of halogens is 1. The fraction of sp³-hybridized carbons (Fsp3) is 0.0833. The fourth-order valence-electron chi connectivity index (χ4n) is 3.02. The van der Waals surface area contributed by atoms with Gasteiger partial charge in [0.2, 0.25) is 0 Å². The third kappa shape index (κ3) is 4.58. The van der Waals surface area contributed by atoms with Crippen LogP contribution in [-0.4, -0.2) is 10.9 Å². The minimum atomic E-state index is -0.290. The number of pyridine rings is 1. The summed E-state index contributed by atoms with van der Waals surface area (Å²) in [4.78, 5) is 16.8. The summed E-state index contributed by atoms with van der Waals surface area (Å²) in [5.74, 6) is 0.173. The highest BCUT2D eigenvalue weighted by Crippen LogP contribution is 2.17. The smallest absolute Gasteiger partial charge is 0.251 e. The highest BCUT2D eigenvalue weighted by atomic mass is 19.1. The zero-order valence-corrected chi connectivity index (χ0v) is 15.6. The molecule has 29 heavy (non-hydrogen) atoms. The van der Waals surface area contributed by atoms with E-state index >= 15 is 0 Å². The second kappa shape index (κ2) is 8.52. The molecule has 4 rings (SSSR count). The summed E-state index contributed by atoms with van der Waals surface area (Å²) < 4.78 is 19.4. The van der Waals surface area contributed by atoms with Crippen molar-refractivity contribution in [1.29, 1.82) is 0 Å². The first-order valence-electron chi connectivity index (χ1n) is 9.27. The maximum absolute atomic E-state index is 13.7. The van der Waals surface area contributed by atoms with Crippen LogP contribution < -0.4 is 10.1 Å². The Balaban J connectivity index is 1.38. The zero-order chi connectivity index (χ0) is 20.1. The lowest BCUT2D eigenvalue weighted by molar-refractivity contribution is 0.0951. The predicted molar refractivity (Wildman–Crippen MR) is 110 cm³/mol. The minimum absolute atomic E-state index is 0.146. The van der Waals surface area contributed by atoms with Gasteiger partial charge in [-0.2, -0.15) is 0 Å². The van der Waals surface area contributed by atoms with Crippen LogP contribution in [-0.2, 0) is 13.2 Å². The number of amides is 1. The lowest BCUT2D eigenvalue weighted by Gasteiger charge is -2.10. The molecule has 3 aromatic carbocycles. The van der Waals surface area contributed by atoms with E-state index in [2.05, 4.69) is 10.3 Å². The molecule has 0 fully saturated rings. The number of nitrogens with one attached hydrogen (secondary N) is 1. The summed E-state index contributed by atoms with van der Waals surface area (Å²) in [6, 6.07) is 23.1. The molecule has 0 atom stereocenters. The van der Waals surface area contributed by atoms with Crippen LogP contribution in [0, 0.1) is 5.82 Å². The lowest BCUT2D eigenvalue weighted by atomic mass is 10.1. The summed E-state index contributed by atoms with van der Waals surface area (Å²) in [6.45, 7) is 0.508. The van der Waals surface area contributed by atoms with Crippen molar-refractivity contribution in [2.24, 2.45) is 0 Å². The largest absolute Gasteiger partial charge is 0.489 e. The van der Waals surface area contributed by atoms with E-state index in [0.717, 1.165) is 16.5 Å². The van der Waals surface area contributed by atoms with Gasteiger partial charge < -0.3 is 10.1 Å². The van der Waals surface area contributed by atoms with Crippen LogP contribution in [0.15, 0.2) is 85.1 Å². The number of ether oxygens (including phenoxy) is 1. The molecule has 144 valence electrons. The Morgan fingerprint density at radius 3 is 2.76 bits per heavy atom. The third-order valence-corrected chi connectivity index (χ3v) is 4.57. The molecular formula is C24H19FN2O2. The minimum Gasteiger partial charge on any atom is -0.489 e. The van der Waals surface area contributed by atoms with Crippen LogP contribution in [0.25, 0.3) is 10.9 Å². The standard InChI is InChI=1S/C24H19FN2O2/c25-22-9-2-1-6-20(22)16-29-21-8-3-5-17(13-21)15-27-24(28)19-10-11-23-18(14-19)7-4-12-26-23/h1-14H,15-16H2,(H,27,28). The topological polar surface area (TPSA) is 51.2 Å². The van der Waals surface area contributed by atoms with E-state index < -0.39 is 0 Å². The van der Waals surface area contributed by atoms with E-state index in [0.29, 0.717) is 23.4 Å². The molecule has 0 bridgehead atoms. The van der Waals surface area contributed by atoms with Crippen molar-refractivity contribution in [3.8, 4) is 5.75 Å². The molecule has 1 heterocycles. The number of rotatable bonds is 6. The van der Waals surface area contributed by atoms with E-state index in [9.17, 15) is 9.18 Å². The van der Waals surface area contributed by atoms with Crippen molar-refractivity contribution in [2.45, 2.75) is 13.2 Å². The van der Waals surface area contributed by atoms with Gasteiger partial charge in [-0.05, 0) is 48.0 Å². The number of fused-ring (bicyclic) bond motifs is 1. The molecular weight excluding hydrogens is 367 g/mol. The number of benzene rings is 3. The Bertz CT molecular complexity index is 1160. The van der Waals surface area contributed by atoms with Crippen LogP contribution in [0.4, 0.5) is 4.39 Å². The average molecular weight is 386 g/mol. The molecule has 0 saturated carbocycles. The van der Waals surface area contributed by atoms with Crippen LogP contribution in [0.5, 0.6) is 5.75 Å². The average Bonchev–Trinajstić information content (AvgIpc) is 2.77. The number of carbonyl (C=O) groups excluding carboxylic acids is 1. The van der Waals surface area contributed by atoms with E-state index in [4.69, 9.17) is 4.74 Å². The van der Waals surface area contributed by atoms with Crippen LogP contribution in [0.1, 0.15) is 21.5 Å². The molecule has 0 aliphatic carbocycles. The first kappa shape index (κ1) is 18.6. The summed E-state index contributed by atoms with van der Waals surface area (Å²) in [5.41, 5.74) is 2.82. The Hall–Kier alpha value is -3.73. The molecule has 0 spiro atoms.